The van der Waals surface area contributed by atoms with Gasteiger partial charge in [0.2, 0.25) is 0 Å². The highest BCUT2D eigenvalue weighted by Gasteiger charge is 2.48. The van der Waals surface area contributed by atoms with Gasteiger partial charge < -0.3 is 24.1 Å². The van der Waals surface area contributed by atoms with Crippen LogP contribution in [0.1, 0.15) is 17.4 Å². The number of carbonyl (C=O) groups is 2. The van der Waals surface area contributed by atoms with E-state index >= 15 is 0 Å². The molecule has 1 N–H and O–H groups in total. The van der Waals surface area contributed by atoms with E-state index in [0.29, 0.717) is 22.8 Å². The molecule has 0 saturated carbocycles. The number of piperazine rings is 1. The number of aliphatic hydroxyl groups excluding tert-OH is 1. The number of anilines is 2. The lowest BCUT2D eigenvalue weighted by atomic mass is 9.99. The maximum Gasteiger partial charge on any atom is 0.300 e. The van der Waals surface area contributed by atoms with E-state index < -0.39 is 17.7 Å². The minimum Gasteiger partial charge on any atom is -0.507 e. The van der Waals surface area contributed by atoms with Crippen LogP contribution >= 0.6 is 0 Å². The number of likely N-dealkylation sites (N-methyl/N-ethyl adjacent to an activating group) is 1. The highest BCUT2D eigenvalue weighted by Crippen LogP contribution is 2.42. The van der Waals surface area contributed by atoms with Crippen molar-refractivity contribution < 1.29 is 23.8 Å². The van der Waals surface area contributed by atoms with Crippen molar-refractivity contribution in [1.82, 2.24) is 4.90 Å². The number of hydrogen-bond donors (Lipinski definition) is 1. The molecule has 0 bridgehead atoms. The molecule has 1 amide bonds. The summed E-state index contributed by atoms with van der Waals surface area (Å²) in [6.45, 7) is 3.82. The third-order valence-corrected chi connectivity index (χ3v) is 6.60. The zero-order chi connectivity index (χ0) is 24.5. The first-order valence-electron chi connectivity index (χ1n) is 11.5. The molecule has 3 heterocycles. The van der Waals surface area contributed by atoms with Gasteiger partial charge in [-0.2, -0.15) is 0 Å². The molecule has 8 heteroatoms. The molecule has 8 nitrogen and oxygen atoms in total. The Balaban J connectivity index is 1.55. The number of furan rings is 1. The maximum absolute atomic E-state index is 13.3. The predicted octanol–water partition coefficient (Wildman–Crippen LogP) is 3.67. The highest BCUT2D eigenvalue weighted by molar-refractivity contribution is 6.51. The van der Waals surface area contributed by atoms with E-state index in [-0.39, 0.29) is 11.3 Å². The van der Waals surface area contributed by atoms with Crippen LogP contribution in [0, 0.1) is 0 Å². The lowest BCUT2D eigenvalue weighted by Gasteiger charge is -2.34. The summed E-state index contributed by atoms with van der Waals surface area (Å²) in [4.78, 5) is 32.4. The quantitative estimate of drug-likeness (QED) is 0.344. The van der Waals surface area contributed by atoms with E-state index in [2.05, 4.69) is 16.8 Å². The van der Waals surface area contributed by atoms with Gasteiger partial charge in [-0.15, -0.1) is 0 Å². The second kappa shape index (κ2) is 9.31. The Kier molecular flexibility index (Phi) is 6.05. The molecular weight excluding hydrogens is 446 g/mol. The molecule has 2 aliphatic heterocycles. The Morgan fingerprint density at radius 3 is 2.34 bits per heavy atom. The van der Waals surface area contributed by atoms with Gasteiger partial charge in [0, 0.05) is 43.1 Å². The van der Waals surface area contributed by atoms with Crippen LogP contribution in [0.3, 0.4) is 0 Å². The van der Waals surface area contributed by atoms with Gasteiger partial charge in [-0.3, -0.25) is 14.5 Å². The SMILES string of the molecule is COc1cccc(/C(O)=C2/C(=O)C(=O)N(c3ccc(N4CCN(C)CC4)cc3)C2c2ccco2)c1. The number of nitrogens with zero attached hydrogens (tertiary/aromatic N) is 3. The lowest BCUT2D eigenvalue weighted by Crippen LogP contribution is -2.44. The summed E-state index contributed by atoms with van der Waals surface area (Å²) in [5.74, 6) is -0.854. The van der Waals surface area contributed by atoms with Gasteiger partial charge in [0.15, 0.2) is 0 Å². The number of hydrogen-bond acceptors (Lipinski definition) is 7. The molecule has 0 radical (unpaired) electrons. The van der Waals surface area contributed by atoms with Crippen molar-refractivity contribution in [3.05, 3.63) is 83.8 Å². The van der Waals surface area contributed by atoms with Crippen LogP contribution < -0.4 is 14.5 Å². The Hall–Kier alpha value is -4.04. The van der Waals surface area contributed by atoms with Gasteiger partial charge in [-0.05, 0) is 55.6 Å². The number of rotatable bonds is 5. The van der Waals surface area contributed by atoms with Crippen molar-refractivity contribution in [1.29, 1.82) is 0 Å². The molecule has 0 spiro atoms. The van der Waals surface area contributed by atoms with E-state index in [4.69, 9.17) is 9.15 Å². The number of ketones is 1. The number of benzene rings is 2. The average Bonchev–Trinajstić information content (AvgIpc) is 3.51. The van der Waals surface area contributed by atoms with E-state index in [0.717, 1.165) is 31.9 Å². The molecule has 35 heavy (non-hydrogen) atoms. The Bertz CT molecular complexity index is 1260. The van der Waals surface area contributed by atoms with E-state index in [1.807, 2.05) is 24.3 Å². The summed E-state index contributed by atoms with van der Waals surface area (Å²) in [5, 5.41) is 11.2. The largest absolute Gasteiger partial charge is 0.507 e. The van der Waals surface area contributed by atoms with Crippen LogP contribution in [-0.2, 0) is 9.59 Å². The van der Waals surface area contributed by atoms with E-state index in [1.54, 1.807) is 36.4 Å². The molecule has 2 saturated heterocycles. The van der Waals surface area contributed by atoms with E-state index in [1.165, 1.54) is 18.3 Å². The second-order valence-corrected chi connectivity index (χ2v) is 8.72. The minimum atomic E-state index is -0.898. The summed E-state index contributed by atoms with van der Waals surface area (Å²) in [5.41, 5.74) is 1.96. The van der Waals surface area contributed by atoms with E-state index in [9.17, 15) is 14.7 Å². The average molecular weight is 474 g/mol. The van der Waals surface area contributed by atoms with Gasteiger partial charge in [0.1, 0.15) is 23.3 Å². The normalized spacial score (nSPS) is 20.5. The number of amides is 1. The molecule has 1 atom stereocenters. The van der Waals surface area contributed by atoms with Gasteiger partial charge in [-0.25, -0.2) is 0 Å². The fourth-order valence-corrected chi connectivity index (χ4v) is 4.63. The van der Waals surface area contributed by atoms with Gasteiger partial charge in [0.05, 0.1) is 18.9 Å². The van der Waals surface area contributed by atoms with Crippen LogP contribution in [-0.4, -0.2) is 62.0 Å². The van der Waals surface area contributed by atoms with Crippen molar-refractivity contribution in [3.63, 3.8) is 0 Å². The standard InChI is InChI=1S/C27H27N3O5/c1-28-12-14-29(15-13-28)19-8-10-20(11-9-19)30-24(22-7-4-16-35-22)23(26(32)27(30)33)25(31)18-5-3-6-21(17-18)34-2/h3-11,16-17,24,31H,12-15H2,1-2H3/b25-23-. The summed E-state index contributed by atoms with van der Waals surface area (Å²) >= 11 is 0. The molecule has 2 aromatic carbocycles. The third-order valence-electron chi connectivity index (χ3n) is 6.60. The molecular formula is C27H27N3O5. The van der Waals surface area contributed by atoms with Gasteiger partial charge in [0.25, 0.3) is 11.7 Å². The fourth-order valence-electron chi connectivity index (χ4n) is 4.63. The number of aliphatic hydroxyl groups is 1. The number of methoxy groups -OCH3 is 1. The van der Waals surface area contributed by atoms with Crippen molar-refractivity contribution >= 4 is 28.8 Å². The molecule has 3 aromatic rings. The topological polar surface area (TPSA) is 86.5 Å². The summed E-state index contributed by atoms with van der Waals surface area (Å²) in [7, 11) is 3.63. The highest BCUT2D eigenvalue weighted by atomic mass is 16.5. The van der Waals surface area contributed by atoms with Crippen LogP contribution in [0.25, 0.3) is 5.76 Å². The molecule has 180 valence electrons. The first-order chi connectivity index (χ1) is 17.0. The van der Waals surface area contributed by atoms with Crippen LogP contribution in [0.2, 0.25) is 0 Å². The zero-order valence-electron chi connectivity index (χ0n) is 19.7. The van der Waals surface area contributed by atoms with Crippen molar-refractivity contribution in [2.75, 3.05) is 50.1 Å². The fraction of sp³-hybridized carbons (Fsp3) is 0.259. The zero-order valence-corrected chi connectivity index (χ0v) is 19.7. The Morgan fingerprint density at radius 1 is 0.971 bits per heavy atom. The monoisotopic (exact) mass is 473 g/mol. The predicted molar refractivity (Wildman–Crippen MR) is 133 cm³/mol. The number of Topliss-reactive ketones (excluding diaryl/α,β-unsaturated/α-hetero) is 1. The minimum absolute atomic E-state index is 0.0265. The lowest BCUT2D eigenvalue weighted by molar-refractivity contribution is -0.132. The number of ether oxygens (including phenoxy) is 1. The molecule has 2 aliphatic rings. The first-order valence-corrected chi connectivity index (χ1v) is 11.5. The van der Waals surface area contributed by atoms with Crippen molar-refractivity contribution in [2.45, 2.75) is 6.04 Å². The Labute approximate surface area is 203 Å². The van der Waals surface area contributed by atoms with Crippen LogP contribution in [0.15, 0.2) is 76.9 Å². The summed E-state index contributed by atoms with van der Waals surface area (Å²) in [6, 6.07) is 16.8. The van der Waals surface area contributed by atoms with Crippen LogP contribution in [0.4, 0.5) is 11.4 Å². The smallest absolute Gasteiger partial charge is 0.300 e. The molecule has 0 aliphatic carbocycles. The maximum atomic E-state index is 13.3. The van der Waals surface area contributed by atoms with Crippen LogP contribution in [0.5, 0.6) is 5.75 Å². The number of carbonyl (C=O) groups excluding carboxylic acids is 2. The first kappa shape index (κ1) is 22.7. The van der Waals surface area contributed by atoms with Crippen molar-refractivity contribution in [3.8, 4) is 5.75 Å². The second-order valence-electron chi connectivity index (χ2n) is 8.72. The summed E-state index contributed by atoms with van der Waals surface area (Å²) in [6.07, 6.45) is 1.48. The molecule has 2 fully saturated rings. The van der Waals surface area contributed by atoms with Gasteiger partial charge in [-0.1, -0.05) is 12.1 Å². The van der Waals surface area contributed by atoms with Gasteiger partial charge >= 0.3 is 0 Å². The summed E-state index contributed by atoms with van der Waals surface area (Å²) < 4.78 is 10.9. The molecule has 1 aromatic heterocycles. The molecule has 5 rings (SSSR count). The molecule has 1 unspecified atom stereocenters. The van der Waals surface area contributed by atoms with Crippen molar-refractivity contribution in [2.24, 2.45) is 0 Å². The third kappa shape index (κ3) is 4.17. The Morgan fingerprint density at radius 2 is 1.69 bits per heavy atom.